The van der Waals surface area contributed by atoms with Crippen molar-refractivity contribution in [1.82, 2.24) is 0 Å². The highest BCUT2D eigenvalue weighted by atomic mass is 32.2. The fourth-order valence-corrected chi connectivity index (χ4v) is 2.72. The van der Waals surface area contributed by atoms with Gasteiger partial charge in [0.15, 0.2) is 0 Å². The topological polar surface area (TPSA) is 43.4 Å². The number of hydrogen-bond donors (Lipinski definition) is 0. The standard InChI is InChI=1S/C14H22O3S/c1-4-13(5-2)10-11-17-18(15,16)14-8-6-12(3)7-9-14/h6-9,13H,4-5,10-11H2,1-3H3. The van der Waals surface area contributed by atoms with Crippen LogP contribution in [0.5, 0.6) is 0 Å². The lowest BCUT2D eigenvalue weighted by Gasteiger charge is -2.12. The molecule has 0 heterocycles. The molecule has 0 saturated carbocycles. The minimum Gasteiger partial charge on any atom is -0.266 e. The Hall–Kier alpha value is -0.870. The summed E-state index contributed by atoms with van der Waals surface area (Å²) in [5.41, 5.74) is 1.03. The molecule has 0 aliphatic rings. The van der Waals surface area contributed by atoms with Crippen LogP contribution in [-0.2, 0) is 14.3 Å². The molecule has 0 spiro atoms. The summed E-state index contributed by atoms with van der Waals surface area (Å²) in [7, 11) is -3.59. The monoisotopic (exact) mass is 270 g/mol. The molecule has 1 rings (SSSR count). The molecule has 1 aromatic rings. The molecule has 0 aliphatic carbocycles. The highest BCUT2D eigenvalue weighted by molar-refractivity contribution is 7.86. The van der Waals surface area contributed by atoms with Gasteiger partial charge < -0.3 is 0 Å². The highest BCUT2D eigenvalue weighted by Crippen LogP contribution is 2.16. The molecule has 1 aromatic carbocycles. The van der Waals surface area contributed by atoms with Gasteiger partial charge >= 0.3 is 0 Å². The first-order valence-electron chi connectivity index (χ1n) is 6.45. The van der Waals surface area contributed by atoms with Gasteiger partial charge in [0, 0.05) is 0 Å². The van der Waals surface area contributed by atoms with Crippen LogP contribution >= 0.6 is 0 Å². The zero-order valence-electron chi connectivity index (χ0n) is 11.3. The van der Waals surface area contributed by atoms with E-state index in [-0.39, 0.29) is 11.5 Å². The summed E-state index contributed by atoms with van der Waals surface area (Å²) in [6.45, 7) is 6.41. The predicted molar refractivity (Wildman–Crippen MR) is 73.0 cm³/mol. The van der Waals surface area contributed by atoms with Crippen molar-refractivity contribution in [3.05, 3.63) is 29.8 Å². The Morgan fingerprint density at radius 1 is 1.11 bits per heavy atom. The van der Waals surface area contributed by atoms with Gasteiger partial charge in [0.05, 0.1) is 11.5 Å². The Labute approximate surface area is 110 Å². The SMILES string of the molecule is CCC(CC)CCOS(=O)(=O)c1ccc(C)cc1. The van der Waals surface area contributed by atoms with Crippen LogP contribution in [0, 0.1) is 12.8 Å². The summed E-state index contributed by atoms with van der Waals surface area (Å²) in [4.78, 5) is 0.234. The van der Waals surface area contributed by atoms with E-state index in [1.54, 1.807) is 24.3 Å². The Bertz CT molecular complexity index is 444. The van der Waals surface area contributed by atoms with Gasteiger partial charge in [0.2, 0.25) is 0 Å². The average Bonchev–Trinajstić information content (AvgIpc) is 2.35. The first-order chi connectivity index (χ1) is 8.49. The lowest BCUT2D eigenvalue weighted by atomic mass is 10.0. The van der Waals surface area contributed by atoms with Gasteiger partial charge in [-0.1, -0.05) is 44.4 Å². The molecule has 0 unspecified atom stereocenters. The van der Waals surface area contributed by atoms with Gasteiger partial charge in [-0.05, 0) is 31.4 Å². The maximum atomic E-state index is 11.9. The third kappa shape index (κ3) is 4.42. The van der Waals surface area contributed by atoms with Crippen LogP contribution in [0.15, 0.2) is 29.2 Å². The van der Waals surface area contributed by atoms with Crippen molar-refractivity contribution in [3.63, 3.8) is 0 Å². The number of benzene rings is 1. The van der Waals surface area contributed by atoms with E-state index in [2.05, 4.69) is 13.8 Å². The summed E-state index contributed by atoms with van der Waals surface area (Å²) < 4.78 is 28.8. The van der Waals surface area contributed by atoms with Crippen LogP contribution in [0.2, 0.25) is 0 Å². The normalized spacial score (nSPS) is 12.0. The summed E-state index contributed by atoms with van der Waals surface area (Å²) >= 11 is 0. The van der Waals surface area contributed by atoms with Gasteiger partial charge in [0.25, 0.3) is 10.1 Å². The molecule has 0 N–H and O–H groups in total. The third-order valence-corrected chi connectivity index (χ3v) is 4.56. The van der Waals surface area contributed by atoms with Crippen molar-refractivity contribution in [1.29, 1.82) is 0 Å². The van der Waals surface area contributed by atoms with Gasteiger partial charge in [-0.15, -0.1) is 0 Å². The third-order valence-electron chi connectivity index (χ3n) is 3.23. The van der Waals surface area contributed by atoms with Gasteiger partial charge in [-0.25, -0.2) is 0 Å². The molecule has 0 saturated heterocycles. The fraction of sp³-hybridized carbons (Fsp3) is 0.571. The lowest BCUT2D eigenvalue weighted by Crippen LogP contribution is -2.10. The van der Waals surface area contributed by atoms with Crippen LogP contribution in [0.1, 0.15) is 38.7 Å². The van der Waals surface area contributed by atoms with E-state index in [1.165, 1.54) is 0 Å². The second-order valence-corrected chi connectivity index (χ2v) is 6.18. The zero-order valence-corrected chi connectivity index (χ0v) is 12.2. The van der Waals surface area contributed by atoms with Gasteiger partial charge in [-0.3, -0.25) is 4.18 Å². The molecular formula is C14H22O3S. The highest BCUT2D eigenvalue weighted by Gasteiger charge is 2.15. The molecular weight excluding hydrogens is 248 g/mol. The van der Waals surface area contributed by atoms with Crippen LogP contribution < -0.4 is 0 Å². The lowest BCUT2D eigenvalue weighted by molar-refractivity contribution is 0.275. The maximum absolute atomic E-state index is 11.9. The zero-order chi connectivity index (χ0) is 13.6. The molecule has 102 valence electrons. The molecule has 0 radical (unpaired) electrons. The first-order valence-corrected chi connectivity index (χ1v) is 7.86. The van der Waals surface area contributed by atoms with Crippen LogP contribution in [0.3, 0.4) is 0 Å². The van der Waals surface area contributed by atoms with E-state index >= 15 is 0 Å². The molecule has 3 nitrogen and oxygen atoms in total. The van der Waals surface area contributed by atoms with E-state index in [0.29, 0.717) is 5.92 Å². The molecule has 0 bridgehead atoms. The minimum atomic E-state index is -3.59. The van der Waals surface area contributed by atoms with Crippen molar-refractivity contribution in [2.24, 2.45) is 5.92 Å². The van der Waals surface area contributed by atoms with E-state index in [1.807, 2.05) is 6.92 Å². The van der Waals surface area contributed by atoms with E-state index in [9.17, 15) is 8.42 Å². The number of rotatable bonds is 7. The van der Waals surface area contributed by atoms with E-state index < -0.39 is 10.1 Å². The summed E-state index contributed by atoms with van der Waals surface area (Å²) in [5.74, 6) is 0.540. The molecule has 0 aliphatic heterocycles. The van der Waals surface area contributed by atoms with Crippen LogP contribution in [0.25, 0.3) is 0 Å². The largest absolute Gasteiger partial charge is 0.296 e. The number of hydrogen-bond acceptors (Lipinski definition) is 3. The summed E-state index contributed by atoms with van der Waals surface area (Å²) in [5, 5.41) is 0. The Morgan fingerprint density at radius 3 is 2.17 bits per heavy atom. The molecule has 0 fully saturated rings. The predicted octanol–water partition coefficient (Wildman–Crippen LogP) is 3.53. The second-order valence-electron chi connectivity index (χ2n) is 4.56. The Morgan fingerprint density at radius 2 is 1.67 bits per heavy atom. The molecule has 0 atom stereocenters. The molecule has 18 heavy (non-hydrogen) atoms. The Balaban J connectivity index is 2.57. The van der Waals surface area contributed by atoms with Gasteiger partial charge in [0.1, 0.15) is 0 Å². The minimum absolute atomic E-state index is 0.234. The summed E-state index contributed by atoms with van der Waals surface area (Å²) in [6, 6.07) is 6.72. The van der Waals surface area contributed by atoms with Crippen molar-refractivity contribution >= 4 is 10.1 Å². The van der Waals surface area contributed by atoms with Crippen LogP contribution in [0.4, 0.5) is 0 Å². The van der Waals surface area contributed by atoms with Crippen molar-refractivity contribution in [2.75, 3.05) is 6.61 Å². The Kier molecular flexibility index (Phi) is 5.82. The van der Waals surface area contributed by atoms with Crippen LogP contribution in [-0.4, -0.2) is 15.0 Å². The van der Waals surface area contributed by atoms with Crippen molar-refractivity contribution in [2.45, 2.75) is 44.9 Å². The van der Waals surface area contributed by atoms with Crippen molar-refractivity contribution in [3.8, 4) is 0 Å². The maximum Gasteiger partial charge on any atom is 0.296 e. The van der Waals surface area contributed by atoms with E-state index in [4.69, 9.17) is 4.18 Å². The molecule has 0 aromatic heterocycles. The molecule has 4 heteroatoms. The van der Waals surface area contributed by atoms with E-state index in [0.717, 1.165) is 24.8 Å². The summed E-state index contributed by atoms with van der Waals surface area (Å²) in [6.07, 6.45) is 2.91. The fourth-order valence-electron chi connectivity index (χ4n) is 1.79. The first kappa shape index (κ1) is 15.2. The number of aryl methyl sites for hydroxylation is 1. The van der Waals surface area contributed by atoms with Gasteiger partial charge in [-0.2, -0.15) is 8.42 Å². The van der Waals surface area contributed by atoms with Crippen molar-refractivity contribution < 1.29 is 12.6 Å². The smallest absolute Gasteiger partial charge is 0.266 e. The quantitative estimate of drug-likeness (QED) is 0.712. The average molecular weight is 270 g/mol. The second kappa shape index (κ2) is 6.90. The molecule has 0 amide bonds.